The molecule has 0 atom stereocenters. The smallest absolute Gasteiger partial charge is 0.221 e. The zero-order valence-corrected chi connectivity index (χ0v) is 11.5. The maximum absolute atomic E-state index is 11.3. The van der Waals surface area contributed by atoms with Crippen LogP contribution in [0.4, 0.5) is 0 Å². The Hall–Kier alpha value is -1.14. The number of carbonyl (C=O) groups excluding carboxylic acids is 2. The van der Waals surface area contributed by atoms with Crippen molar-refractivity contribution in [1.29, 1.82) is 0 Å². The summed E-state index contributed by atoms with van der Waals surface area (Å²) in [6.45, 7) is 0.486. The van der Waals surface area contributed by atoms with Crippen molar-refractivity contribution in [3.63, 3.8) is 0 Å². The number of nitrogens with one attached hydrogen (secondary N) is 2. The largest absolute Gasteiger partial charge is 0.396 e. The van der Waals surface area contributed by atoms with Crippen LogP contribution in [-0.2, 0) is 9.59 Å². The minimum absolute atomic E-state index is 0.0847. The van der Waals surface area contributed by atoms with E-state index >= 15 is 0 Å². The molecule has 0 saturated carbocycles. The van der Waals surface area contributed by atoms with Gasteiger partial charge in [0, 0.05) is 26.1 Å². The van der Waals surface area contributed by atoms with Gasteiger partial charge in [-0.3, -0.25) is 9.59 Å². The van der Waals surface area contributed by atoms with E-state index in [0.717, 1.165) is 38.5 Å². The lowest BCUT2D eigenvalue weighted by molar-refractivity contribution is -0.123. The number of hydrogen-bond donors (Lipinski definition) is 4. The third-order valence-corrected chi connectivity index (χ3v) is 2.70. The molecule has 0 spiro atoms. The summed E-state index contributed by atoms with van der Waals surface area (Å²) in [6, 6.07) is 0. The van der Waals surface area contributed by atoms with E-state index in [4.69, 9.17) is 10.2 Å². The number of aliphatic hydroxyl groups excluding tert-OH is 2. The van der Waals surface area contributed by atoms with E-state index in [9.17, 15) is 9.59 Å². The van der Waals surface area contributed by atoms with Gasteiger partial charge in [-0.25, -0.2) is 0 Å². The maximum Gasteiger partial charge on any atom is 0.221 e. The van der Waals surface area contributed by atoms with Gasteiger partial charge in [0.25, 0.3) is 0 Å². The predicted octanol–water partition coefficient (Wildman–Crippen LogP) is 0.282. The second-order valence-electron chi connectivity index (χ2n) is 4.45. The van der Waals surface area contributed by atoms with Gasteiger partial charge in [0.2, 0.25) is 11.8 Å². The van der Waals surface area contributed by atoms with Gasteiger partial charge >= 0.3 is 0 Å². The molecule has 4 N–H and O–H groups in total. The number of unbranched alkanes of at least 4 members (excludes halogenated alkanes) is 4. The summed E-state index contributed by atoms with van der Waals surface area (Å²) in [5.74, 6) is -0.169. The highest BCUT2D eigenvalue weighted by Crippen LogP contribution is 1.99. The zero-order chi connectivity index (χ0) is 14.3. The second-order valence-corrected chi connectivity index (χ2v) is 4.45. The molecule has 0 heterocycles. The van der Waals surface area contributed by atoms with Crippen LogP contribution in [0.5, 0.6) is 0 Å². The Bertz CT molecular complexity index is 223. The van der Waals surface area contributed by atoms with E-state index in [2.05, 4.69) is 10.6 Å². The molecule has 0 aromatic rings. The van der Waals surface area contributed by atoms with E-state index in [-0.39, 0.29) is 31.7 Å². The average Bonchev–Trinajstić information content (AvgIpc) is 2.40. The summed E-state index contributed by atoms with van der Waals surface area (Å²) in [5, 5.41) is 22.4. The minimum atomic E-state index is -0.0847. The molecule has 6 nitrogen and oxygen atoms in total. The Morgan fingerprint density at radius 2 is 1.11 bits per heavy atom. The van der Waals surface area contributed by atoms with E-state index in [0.29, 0.717) is 12.8 Å². The van der Waals surface area contributed by atoms with Crippen molar-refractivity contribution >= 4 is 11.8 Å². The van der Waals surface area contributed by atoms with Crippen molar-refractivity contribution in [1.82, 2.24) is 10.6 Å². The fraction of sp³-hybridized carbons (Fsp3) is 0.846. The van der Waals surface area contributed by atoms with Crippen LogP contribution in [0.1, 0.15) is 51.4 Å². The minimum Gasteiger partial charge on any atom is -0.396 e. The Kier molecular flexibility index (Phi) is 12.5. The van der Waals surface area contributed by atoms with Crippen molar-refractivity contribution in [3.8, 4) is 0 Å². The number of hydrogen-bond acceptors (Lipinski definition) is 4. The van der Waals surface area contributed by atoms with Crippen molar-refractivity contribution in [2.75, 3.05) is 19.9 Å². The molecular weight excluding hydrogens is 248 g/mol. The number of aliphatic hydroxyl groups is 2. The summed E-state index contributed by atoms with van der Waals surface area (Å²) in [7, 11) is 0. The molecule has 0 fully saturated rings. The molecule has 112 valence electrons. The quantitative estimate of drug-likeness (QED) is 0.303. The van der Waals surface area contributed by atoms with Crippen molar-refractivity contribution in [2.45, 2.75) is 51.4 Å². The molecule has 0 rings (SSSR count). The van der Waals surface area contributed by atoms with Crippen LogP contribution in [0.2, 0.25) is 0 Å². The van der Waals surface area contributed by atoms with Gasteiger partial charge in [-0.2, -0.15) is 0 Å². The first kappa shape index (κ1) is 17.9. The van der Waals surface area contributed by atoms with Gasteiger partial charge < -0.3 is 20.8 Å². The van der Waals surface area contributed by atoms with Gasteiger partial charge in [-0.05, 0) is 25.7 Å². The van der Waals surface area contributed by atoms with E-state index in [1.54, 1.807) is 0 Å². The molecule has 6 heteroatoms. The molecule has 0 aromatic heterocycles. The highest BCUT2D eigenvalue weighted by Gasteiger charge is 2.03. The first-order valence-electron chi connectivity index (χ1n) is 6.95. The third-order valence-electron chi connectivity index (χ3n) is 2.70. The molecule has 0 radical (unpaired) electrons. The standard InChI is InChI=1S/C13H26N2O4/c16-9-5-1-3-7-12(18)14-11-15-13(19)8-4-2-6-10-17/h16-17H,1-11H2,(H,14,18)(H,15,19). The predicted molar refractivity (Wildman–Crippen MR) is 72.3 cm³/mol. The second kappa shape index (κ2) is 13.3. The lowest BCUT2D eigenvalue weighted by Crippen LogP contribution is -2.37. The van der Waals surface area contributed by atoms with Crippen LogP contribution >= 0.6 is 0 Å². The van der Waals surface area contributed by atoms with Crippen molar-refractivity contribution in [2.24, 2.45) is 0 Å². The fourth-order valence-corrected chi connectivity index (χ4v) is 1.57. The number of amides is 2. The Morgan fingerprint density at radius 3 is 1.47 bits per heavy atom. The Balaban J connectivity index is 3.35. The highest BCUT2D eigenvalue weighted by molar-refractivity contribution is 5.78. The lowest BCUT2D eigenvalue weighted by Gasteiger charge is -2.07. The van der Waals surface area contributed by atoms with Crippen LogP contribution in [0.15, 0.2) is 0 Å². The monoisotopic (exact) mass is 274 g/mol. The summed E-state index contributed by atoms with van der Waals surface area (Å²) in [4.78, 5) is 22.7. The van der Waals surface area contributed by atoms with Gasteiger partial charge in [-0.1, -0.05) is 12.8 Å². The molecule has 0 aliphatic carbocycles. The van der Waals surface area contributed by atoms with E-state index in [1.807, 2.05) is 0 Å². The summed E-state index contributed by atoms with van der Waals surface area (Å²) >= 11 is 0. The molecule has 0 saturated heterocycles. The van der Waals surface area contributed by atoms with Crippen LogP contribution in [0.25, 0.3) is 0 Å². The lowest BCUT2D eigenvalue weighted by atomic mass is 10.2. The Labute approximate surface area is 114 Å². The first-order chi connectivity index (χ1) is 9.20. The molecule has 0 bridgehead atoms. The topological polar surface area (TPSA) is 98.7 Å². The summed E-state index contributed by atoms with van der Waals surface area (Å²) in [6.07, 6.45) is 5.46. The van der Waals surface area contributed by atoms with E-state index in [1.165, 1.54) is 0 Å². The summed E-state index contributed by atoms with van der Waals surface area (Å²) in [5.41, 5.74) is 0. The molecule has 0 aliphatic rings. The van der Waals surface area contributed by atoms with Gasteiger partial charge in [0.05, 0.1) is 6.67 Å². The molecule has 2 amide bonds. The normalized spacial score (nSPS) is 10.2. The SMILES string of the molecule is O=C(CCCCCO)NCNC(=O)CCCCCO. The maximum atomic E-state index is 11.3. The average molecular weight is 274 g/mol. The molecular formula is C13H26N2O4. The van der Waals surface area contributed by atoms with Crippen molar-refractivity contribution < 1.29 is 19.8 Å². The number of rotatable bonds is 12. The first-order valence-corrected chi connectivity index (χ1v) is 6.95. The number of carbonyl (C=O) groups is 2. The van der Waals surface area contributed by atoms with Crippen LogP contribution in [-0.4, -0.2) is 41.9 Å². The van der Waals surface area contributed by atoms with Crippen LogP contribution < -0.4 is 10.6 Å². The third kappa shape index (κ3) is 13.1. The van der Waals surface area contributed by atoms with Crippen LogP contribution in [0, 0.1) is 0 Å². The highest BCUT2D eigenvalue weighted by atomic mass is 16.3. The zero-order valence-electron chi connectivity index (χ0n) is 11.5. The van der Waals surface area contributed by atoms with Gasteiger partial charge in [0.15, 0.2) is 0 Å². The molecule has 0 aliphatic heterocycles. The Morgan fingerprint density at radius 1 is 0.684 bits per heavy atom. The fourth-order valence-electron chi connectivity index (χ4n) is 1.57. The molecule has 0 unspecified atom stereocenters. The summed E-state index contributed by atoms with van der Waals surface area (Å²) < 4.78 is 0. The van der Waals surface area contributed by atoms with Crippen LogP contribution in [0.3, 0.4) is 0 Å². The van der Waals surface area contributed by atoms with Gasteiger partial charge in [0.1, 0.15) is 0 Å². The molecule has 19 heavy (non-hydrogen) atoms. The molecule has 0 aromatic carbocycles. The van der Waals surface area contributed by atoms with Gasteiger partial charge in [-0.15, -0.1) is 0 Å². The van der Waals surface area contributed by atoms with E-state index < -0.39 is 0 Å². The van der Waals surface area contributed by atoms with Crippen molar-refractivity contribution in [3.05, 3.63) is 0 Å².